The van der Waals surface area contributed by atoms with Crippen LogP contribution in [0.4, 0.5) is 26.3 Å². The number of halogens is 6. The zero-order valence-electron chi connectivity index (χ0n) is 23.4. The first-order valence-electron chi connectivity index (χ1n) is 14.1. The number of rotatable bonds is 10. The third-order valence-corrected chi connectivity index (χ3v) is 7.39. The molecule has 0 aromatic heterocycles. The Balaban J connectivity index is 1.23. The monoisotopic (exact) mass is 600 g/mol. The number of alkyl halides is 2. The van der Waals surface area contributed by atoms with Crippen LogP contribution in [0, 0.1) is 29.2 Å². The van der Waals surface area contributed by atoms with Crippen molar-refractivity contribution in [1.82, 2.24) is 0 Å². The first-order valence-corrected chi connectivity index (χ1v) is 14.1. The van der Waals surface area contributed by atoms with Gasteiger partial charge in [-0.15, -0.1) is 0 Å². The molecule has 0 saturated carbocycles. The van der Waals surface area contributed by atoms with Gasteiger partial charge in [0.2, 0.25) is 0 Å². The van der Waals surface area contributed by atoms with Gasteiger partial charge in [0, 0.05) is 17.0 Å². The van der Waals surface area contributed by atoms with Gasteiger partial charge in [-0.3, -0.25) is 0 Å². The summed E-state index contributed by atoms with van der Waals surface area (Å²) in [7, 11) is 0. The first kappa shape index (κ1) is 30.6. The van der Waals surface area contributed by atoms with Crippen LogP contribution in [0.2, 0.25) is 0 Å². The van der Waals surface area contributed by atoms with Crippen molar-refractivity contribution in [3.8, 4) is 28.0 Å². The molecule has 1 heterocycles. The molecule has 5 rings (SSSR count). The Morgan fingerprint density at radius 2 is 1.37 bits per heavy atom. The summed E-state index contributed by atoms with van der Waals surface area (Å²) in [5.41, 5.74) is 0.507. The number of hydrogen-bond acceptors (Lipinski definition) is 3. The highest BCUT2D eigenvalue weighted by atomic mass is 19.3. The molecule has 3 nitrogen and oxygen atoms in total. The third kappa shape index (κ3) is 7.22. The SMILES string of the molecule is CCCCCC1COC(c2ccc(C(F)(F)Oc3ccc(-c4ccc(-c5ccc(F)c(F)c5)c(F)c4)cc3)c(F)c2)OC1. The highest BCUT2D eigenvalue weighted by molar-refractivity contribution is 5.71. The molecule has 0 spiro atoms. The Kier molecular flexibility index (Phi) is 9.42. The van der Waals surface area contributed by atoms with Gasteiger partial charge in [-0.2, -0.15) is 8.78 Å². The largest absolute Gasteiger partial charge is 0.429 e. The molecule has 0 bridgehead atoms. The zero-order valence-corrected chi connectivity index (χ0v) is 23.4. The van der Waals surface area contributed by atoms with Gasteiger partial charge < -0.3 is 14.2 Å². The van der Waals surface area contributed by atoms with Crippen LogP contribution in [0.5, 0.6) is 5.75 Å². The highest BCUT2D eigenvalue weighted by Gasteiger charge is 2.38. The van der Waals surface area contributed by atoms with Crippen molar-refractivity contribution in [3.63, 3.8) is 0 Å². The van der Waals surface area contributed by atoms with E-state index < -0.39 is 41.2 Å². The molecule has 1 aliphatic rings. The first-order chi connectivity index (χ1) is 20.6. The van der Waals surface area contributed by atoms with Crippen LogP contribution < -0.4 is 4.74 Å². The van der Waals surface area contributed by atoms with Crippen molar-refractivity contribution >= 4 is 0 Å². The van der Waals surface area contributed by atoms with Crippen LogP contribution in [0.15, 0.2) is 78.9 Å². The van der Waals surface area contributed by atoms with Crippen molar-refractivity contribution in [2.24, 2.45) is 5.92 Å². The fourth-order valence-corrected chi connectivity index (χ4v) is 5.01. The molecule has 0 unspecified atom stereocenters. The molecule has 9 heteroatoms. The fourth-order valence-electron chi connectivity index (χ4n) is 5.01. The number of benzene rings is 4. The maximum absolute atomic E-state index is 15.0. The van der Waals surface area contributed by atoms with E-state index in [1.54, 1.807) is 6.07 Å². The summed E-state index contributed by atoms with van der Waals surface area (Å²) in [6, 6.07) is 15.9. The molecule has 226 valence electrons. The normalized spacial score (nSPS) is 17.2. The molecular weight excluding hydrogens is 570 g/mol. The Bertz CT molecular complexity index is 1550. The van der Waals surface area contributed by atoms with E-state index in [-0.39, 0.29) is 22.8 Å². The number of ether oxygens (including phenoxy) is 3. The van der Waals surface area contributed by atoms with Gasteiger partial charge in [0.1, 0.15) is 17.4 Å². The summed E-state index contributed by atoms with van der Waals surface area (Å²) < 4.78 is 103. The van der Waals surface area contributed by atoms with Crippen molar-refractivity contribution in [2.45, 2.75) is 45.0 Å². The quantitative estimate of drug-likeness (QED) is 0.134. The van der Waals surface area contributed by atoms with E-state index in [2.05, 4.69) is 6.92 Å². The summed E-state index contributed by atoms with van der Waals surface area (Å²) in [6.07, 6.45) is -0.520. The maximum atomic E-state index is 15.0. The second kappa shape index (κ2) is 13.2. The molecule has 1 fully saturated rings. The van der Waals surface area contributed by atoms with Gasteiger partial charge in [0.25, 0.3) is 0 Å². The summed E-state index contributed by atoms with van der Waals surface area (Å²) in [6.45, 7) is 3.04. The zero-order chi connectivity index (χ0) is 30.6. The molecular formula is C34H30F6O3. The van der Waals surface area contributed by atoms with Gasteiger partial charge in [-0.1, -0.05) is 62.6 Å². The average molecular weight is 601 g/mol. The van der Waals surface area contributed by atoms with E-state index in [0.29, 0.717) is 29.9 Å². The molecule has 0 N–H and O–H groups in total. The van der Waals surface area contributed by atoms with E-state index in [4.69, 9.17) is 14.2 Å². The predicted molar refractivity (Wildman–Crippen MR) is 150 cm³/mol. The van der Waals surface area contributed by atoms with E-state index in [9.17, 15) is 26.3 Å². The lowest BCUT2D eigenvalue weighted by Crippen LogP contribution is -2.27. The molecule has 43 heavy (non-hydrogen) atoms. The minimum atomic E-state index is -3.99. The van der Waals surface area contributed by atoms with Gasteiger partial charge in [0.15, 0.2) is 17.9 Å². The minimum absolute atomic E-state index is 0.0727. The third-order valence-electron chi connectivity index (χ3n) is 7.39. The van der Waals surface area contributed by atoms with Crippen molar-refractivity contribution in [3.05, 3.63) is 113 Å². The molecule has 0 radical (unpaired) electrons. The van der Waals surface area contributed by atoms with Gasteiger partial charge in [-0.05, 0) is 65.6 Å². The lowest BCUT2D eigenvalue weighted by Gasteiger charge is -2.30. The average Bonchev–Trinajstić information content (AvgIpc) is 2.99. The van der Waals surface area contributed by atoms with Crippen molar-refractivity contribution in [1.29, 1.82) is 0 Å². The fraction of sp³-hybridized carbons (Fsp3) is 0.294. The van der Waals surface area contributed by atoms with Crippen LogP contribution in [-0.2, 0) is 15.6 Å². The topological polar surface area (TPSA) is 27.7 Å². The summed E-state index contributed by atoms with van der Waals surface area (Å²) in [5.74, 6) is -3.95. The highest BCUT2D eigenvalue weighted by Crippen LogP contribution is 2.37. The van der Waals surface area contributed by atoms with Gasteiger partial charge >= 0.3 is 6.11 Å². The van der Waals surface area contributed by atoms with Crippen LogP contribution in [0.25, 0.3) is 22.3 Å². The summed E-state index contributed by atoms with van der Waals surface area (Å²) in [5, 5.41) is 0. The van der Waals surface area contributed by atoms with Crippen LogP contribution in [0.1, 0.15) is 50.0 Å². The second-order valence-electron chi connectivity index (χ2n) is 10.6. The molecule has 0 amide bonds. The van der Waals surface area contributed by atoms with E-state index >= 15 is 0 Å². The maximum Gasteiger partial charge on any atom is 0.429 e. The summed E-state index contributed by atoms with van der Waals surface area (Å²) >= 11 is 0. The molecule has 0 aliphatic carbocycles. The van der Waals surface area contributed by atoms with Crippen LogP contribution in [-0.4, -0.2) is 13.2 Å². The summed E-state index contributed by atoms with van der Waals surface area (Å²) in [4.78, 5) is 0. The smallest absolute Gasteiger partial charge is 0.429 e. The van der Waals surface area contributed by atoms with Gasteiger partial charge in [0.05, 0.1) is 18.8 Å². The molecule has 4 aromatic carbocycles. The Labute approximate surface area is 246 Å². The molecule has 4 aromatic rings. The Morgan fingerprint density at radius 3 is 2.02 bits per heavy atom. The minimum Gasteiger partial charge on any atom is -0.429 e. The standard InChI is InChI=1S/C34H30F6O3/c1-2-3-4-5-21-19-41-33(42-20-21)25-9-14-28(31(37)18-25)34(39,40)43-26-11-6-22(7-12-26)23-8-13-27(30(36)16-23)24-10-15-29(35)32(38)17-24/h6-18,21,33H,2-5,19-20H2,1H3. The van der Waals surface area contributed by atoms with E-state index in [1.807, 2.05) is 0 Å². The molecule has 1 saturated heterocycles. The van der Waals surface area contributed by atoms with Crippen molar-refractivity contribution in [2.75, 3.05) is 13.2 Å². The molecule has 1 aliphatic heterocycles. The van der Waals surface area contributed by atoms with Crippen LogP contribution >= 0.6 is 0 Å². The van der Waals surface area contributed by atoms with E-state index in [1.165, 1.54) is 48.5 Å². The van der Waals surface area contributed by atoms with Crippen molar-refractivity contribution < 1.29 is 40.6 Å². The lowest BCUT2D eigenvalue weighted by atomic mass is 9.99. The predicted octanol–water partition coefficient (Wildman–Crippen LogP) is 9.95. The Hall–Kier alpha value is -3.82. The number of hydrogen-bond donors (Lipinski definition) is 0. The van der Waals surface area contributed by atoms with Crippen LogP contribution in [0.3, 0.4) is 0 Å². The second-order valence-corrected chi connectivity index (χ2v) is 10.6. The lowest BCUT2D eigenvalue weighted by molar-refractivity contribution is -0.206. The number of unbranched alkanes of at least 4 members (excludes halogenated alkanes) is 2. The Morgan fingerprint density at radius 1 is 0.698 bits per heavy atom. The molecule has 0 atom stereocenters. The van der Waals surface area contributed by atoms with E-state index in [0.717, 1.165) is 49.9 Å². The van der Waals surface area contributed by atoms with Gasteiger partial charge in [-0.25, -0.2) is 17.6 Å².